The first-order valence-electron chi connectivity index (χ1n) is 9.15. The average Bonchev–Trinajstić information content (AvgIpc) is 3.16. The molecule has 2 aromatic rings. The average molecular weight is 473 g/mol. The highest BCUT2D eigenvalue weighted by molar-refractivity contribution is 7.91. The van der Waals surface area contributed by atoms with E-state index in [4.69, 9.17) is 11.6 Å². The number of benzene rings is 1. The van der Waals surface area contributed by atoms with Gasteiger partial charge in [0.2, 0.25) is 5.91 Å². The highest BCUT2D eigenvalue weighted by atomic mass is 35.5. The maximum absolute atomic E-state index is 12.7. The van der Waals surface area contributed by atoms with Gasteiger partial charge in [0.05, 0.1) is 21.7 Å². The molecule has 3 rings (SSSR count). The Morgan fingerprint density at radius 3 is 2.47 bits per heavy atom. The highest BCUT2D eigenvalue weighted by Gasteiger charge is 2.32. The normalized spacial score (nSPS) is 16.9. The van der Waals surface area contributed by atoms with E-state index >= 15 is 0 Å². The van der Waals surface area contributed by atoms with Crippen LogP contribution in [0.15, 0.2) is 34.5 Å². The first kappa shape index (κ1) is 22.6. The number of carbonyl (C=O) groups excluding carboxylic acids is 1. The van der Waals surface area contributed by atoms with Crippen LogP contribution in [0, 0.1) is 17.0 Å². The summed E-state index contributed by atoms with van der Waals surface area (Å²) in [6, 6.07) is 6.65. The van der Waals surface area contributed by atoms with Crippen molar-refractivity contribution in [2.75, 3.05) is 31.5 Å². The molecule has 9 nitrogen and oxygen atoms in total. The van der Waals surface area contributed by atoms with Crippen molar-refractivity contribution < 1.29 is 18.1 Å². The van der Waals surface area contributed by atoms with Crippen LogP contribution in [0.3, 0.4) is 0 Å². The number of amides is 1. The quantitative estimate of drug-likeness (QED) is 0.510. The molecule has 1 aliphatic rings. The number of nitrogens with zero attached hydrogens (tertiary/aromatic N) is 3. The van der Waals surface area contributed by atoms with E-state index in [9.17, 15) is 23.3 Å². The lowest BCUT2D eigenvalue weighted by Crippen LogP contribution is -2.53. The summed E-state index contributed by atoms with van der Waals surface area (Å²) < 4.78 is 27.2. The van der Waals surface area contributed by atoms with E-state index in [1.165, 1.54) is 33.8 Å². The van der Waals surface area contributed by atoms with Gasteiger partial charge in [-0.3, -0.25) is 19.8 Å². The molecule has 0 aliphatic carbocycles. The van der Waals surface area contributed by atoms with E-state index in [-0.39, 0.29) is 35.4 Å². The van der Waals surface area contributed by atoms with Gasteiger partial charge in [-0.05, 0) is 32.0 Å². The van der Waals surface area contributed by atoms with Crippen LogP contribution < -0.4 is 5.32 Å². The molecule has 1 atom stereocenters. The Bertz CT molecular complexity index is 1060. The minimum atomic E-state index is -3.53. The number of nitro benzene ring substituents is 1. The molecular weight excluding hydrogens is 452 g/mol. The fourth-order valence-corrected chi connectivity index (χ4v) is 6.16. The van der Waals surface area contributed by atoms with Crippen molar-refractivity contribution in [2.45, 2.75) is 24.1 Å². The fraction of sp³-hybridized carbons (Fsp3) is 0.389. The molecule has 1 unspecified atom stereocenters. The van der Waals surface area contributed by atoms with Crippen molar-refractivity contribution >= 4 is 50.2 Å². The maximum atomic E-state index is 12.7. The van der Waals surface area contributed by atoms with Gasteiger partial charge in [-0.25, -0.2) is 8.42 Å². The number of non-ortho nitro benzene ring substituents is 1. The van der Waals surface area contributed by atoms with Gasteiger partial charge in [-0.2, -0.15) is 4.31 Å². The predicted octanol–water partition coefficient (Wildman–Crippen LogP) is 2.95. The summed E-state index contributed by atoms with van der Waals surface area (Å²) in [6.07, 6.45) is 0. The number of anilines is 1. The van der Waals surface area contributed by atoms with E-state index in [1.807, 2.05) is 11.8 Å². The number of aryl methyl sites for hydroxylation is 1. The zero-order valence-corrected chi connectivity index (χ0v) is 18.8. The molecular formula is C18H21ClN4O5S2. The summed E-state index contributed by atoms with van der Waals surface area (Å²) >= 11 is 7.28. The SMILES string of the molecule is Cc1ccc(S(=O)(=O)N2CCN(C(C)C(=O)Nc3cc([N+](=O)[O-])ccc3Cl)CC2)s1. The Labute approximate surface area is 183 Å². The van der Waals surface area contributed by atoms with E-state index < -0.39 is 21.0 Å². The number of hydrogen-bond donors (Lipinski definition) is 1. The van der Waals surface area contributed by atoms with Crippen LogP contribution in [0.4, 0.5) is 11.4 Å². The summed E-state index contributed by atoms with van der Waals surface area (Å²) in [5, 5.41) is 13.8. The molecule has 30 heavy (non-hydrogen) atoms. The number of hydrogen-bond acceptors (Lipinski definition) is 7. The number of sulfonamides is 1. The lowest BCUT2D eigenvalue weighted by molar-refractivity contribution is -0.384. The second-order valence-corrected chi connectivity index (χ2v) is 10.8. The van der Waals surface area contributed by atoms with E-state index in [0.29, 0.717) is 17.3 Å². The van der Waals surface area contributed by atoms with Crippen LogP contribution in [0.5, 0.6) is 0 Å². The molecule has 0 radical (unpaired) electrons. The van der Waals surface area contributed by atoms with Gasteiger partial charge >= 0.3 is 0 Å². The van der Waals surface area contributed by atoms with Crippen molar-refractivity contribution in [3.05, 3.63) is 50.3 Å². The van der Waals surface area contributed by atoms with Crippen molar-refractivity contribution in [1.82, 2.24) is 9.21 Å². The molecule has 0 spiro atoms. The van der Waals surface area contributed by atoms with Crippen LogP contribution in [-0.2, 0) is 14.8 Å². The van der Waals surface area contributed by atoms with Crippen molar-refractivity contribution in [2.24, 2.45) is 0 Å². The highest BCUT2D eigenvalue weighted by Crippen LogP contribution is 2.28. The monoisotopic (exact) mass is 472 g/mol. The number of halogens is 1. The van der Waals surface area contributed by atoms with Crippen LogP contribution in [0.1, 0.15) is 11.8 Å². The number of thiophene rings is 1. The molecule has 1 aromatic carbocycles. The van der Waals surface area contributed by atoms with E-state index in [2.05, 4.69) is 5.32 Å². The minimum absolute atomic E-state index is 0.164. The van der Waals surface area contributed by atoms with Gasteiger partial charge in [-0.15, -0.1) is 11.3 Å². The summed E-state index contributed by atoms with van der Waals surface area (Å²) in [5.74, 6) is -0.373. The molecule has 1 aliphatic heterocycles. The molecule has 162 valence electrons. The summed E-state index contributed by atoms with van der Waals surface area (Å²) in [7, 11) is -3.53. The number of nitrogens with one attached hydrogen (secondary N) is 1. The Morgan fingerprint density at radius 2 is 1.90 bits per heavy atom. The van der Waals surface area contributed by atoms with E-state index in [1.54, 1.807) is 19.1 Å². The van der Waals surface area contributed by atoms with Crippen LogP contribution in [-0.4, -0.2) is 60.7 Å². The summed E-state index contributed by atoms with van der Waals surface area (Å²) in [4.78, 5) is 25.8. The standard InChI is InChI=1S/C18H21ClN4O5S2/c1-12-3-6-17(29-12)30(27,28)22-9-7-21(8-10-22)13(2)18(24)20-16-11-14(23(25)26)4-5-15(16)19/h3-6,11,13H,7-10H2,1-2H3,(H,20,24). The first-order valence-corrected chi connectivity index (χ1v) is 11.8. The molecule has 1 amide bonds. The molecule has 2 heterocycles. The lowest BCUT2D eigenvalue weighted by Gasteiger charge is -2.36. The fourth-order valence-electron chi connectivity index (χ4n) is 3.13. The maximum Gasteiger partial charge on any atom is 0.271 e. The number of carbonyl (C=O) groups is 1. The van der Waals surface area contributed by atoms with Crippen LogP contribution in [0.2, 0.25) is 5.02 Å². The number of rotatable bonds is 6. The molecule has 12 heteroatoms. The molecule has 1 aromatic heterocycles. The third kappa shape index (κ3) is 4.81. The van der Waals surface area contributed by atoms with Gasteiger partial charge in [0.25, 0.3) is 15.7 Å². The topological polar surface area (TPSA) is 113 Å². The Kier molecular flexibility index (Phi) is 6.78. The molecule has 1 saturated heterocycles. The Hall–Kier alpha value is -2.05. The van der Waals surface area contributed by atoms with Gasteiger partial charge in [-0.1, -0.05) is 11.6 Å². The minimum Gasteiger partial charge on any atom is -0.323 e. The summed E-state index contributed by atoms with van der Waals surface area (Å²) in [6.45, 7) is 4.88. The van der Waals surface area contributed by atoms with Gasteiger partial charge in [0.1, 0.15) is 4.21 Å². The van der Waals surface area contributed by atoms with Gasteiger partial charge in [0.15, 0.2) is 0 Å². The first-order chi connectivity index (χ1) is 14.1. The largest absolute Gasteiger partial charge is 0.323 e. The third-order valence-corrected chi connectivity index (χ3v) is 8.63. The van der Waals surface area contributed by atoms with Crippen molar-refractivity contribution in [3.63, 3.8) is 0 Å². The van der Waals surface area contributed by atoms with Gasteiger partial charge < -0.3 is 5.32 Å². The second kappa shape index (κ2) is 8.98. The number of nitro groups is 1. The molecule has 0 bridgehead atoms. The smallest absolute Gasteiger partial charge is 0.271 e. The molecule has 1 N–H and O–H groups in total. The Balaban J connectivity index is 1.62. The second-order valence-electron chi connectivity index (χ2n) is 6.89. The van der Waals surface area contributed by atoms with E-state index in [0.717, 1.165) is 4.88 Å². The lowest BCUT2D eigenvalue weighted by atomic mass is 10.2. The number of piperazine rings is 1. The third-order valence-electron chi connectivity index (χ3n) is 4.93. The van der Waals surface area contributed by atoms with Crippen molar-refractivity contribution in [1.29, 1.82) is 0 Å². The Morgan fingerprint density at radius 1 is 1.23 bits per heavy atom. The zero-order valence-electron chi connectivity index (χ0n) is 16.4. The predicted molar refractivity (Wildman–Crippen MR) is 116 cm³/mol. The van der Waals surface area contributed by atoms with Crippen LogP contribution in [0.25, 0.3) is 0 Å². The zero-order chi connectivity index (χ0) is 22.1. The summed E-state index contributed by atoms with van der Waals surface area (Å²) in [5.41, 5.74) is -0.0121. The molecule has 0 saturated carbocycles. The van der Waals surface area contributed by atoms with Crippen molar-refractivity contribution in [3.8, 4) is 0 Å². The molecule has 1 fully saturated rings. The van der Waals surface area contributed by atoms with Gasteiger partial charge in [0, 0.05) is 43.2 Å². The van der Waals surface area contributed by atoms with Crippen LogP contribution >= 0.6 is 22.9 Å².